The summed E-state index contributed by atoms with van der Waals surface area (Å²) in [6.45, 7) is 5.43. The third-order valence-corrected chi connectivity index (χ3v) is 4.16. The number of aromatic nitrogens is 1. The molecule has 3 heteroatoms. The minimum atomic E-state index is 0.240. The van der Waals surface area contributed by atoms with E-state index >= 15 is 0 Å². The Kier molecular flexibility index (Phi) is 3.57. The fourth-order valence-corrected chi connectivity index (χ4v) is 1.85. The first-order chi connectivity index (χ1) is 8.12. The van der Waals surface area contributed by atoms with Crippen molar-refractivity contribution < 1.29 is 0 Å². The van der Waals surface area contributed by atoms with Crippen LogP contribution in [-0.4, -0.2) is 22.5 Å². The summed E-state index contributed by atoms with van der Waals surface area (Å²) in [5.74, 6) is 0. The molecular formula is C14H18N2S. The number of fused-ring (bicyclic) bond motifs is 1. The van der Waals surface area contributed by atoms with Crippen molar-refractivity contribution >= 4 is 28.4 Å². The maximum atomic E-state index is 4.36. The molecule has 0 saturated heterocycles. The lowest BCUT2D eigenvalue weighted by Crippen LogP contribution is -2.25. The molecule has 90 valence electrons. The Labute approximate surface area is 107 Å². The molecule has 0 saturated carbocycles. The number of nitrogens with zero attached hydrogens (tertiary/aromatic N) is 1. The number of thioether (sulfide) groups is 1. The fourth-order valence-electron chi connectivity index (χ4n) is 1.63. The minimum absolute atomic E-state index is 0.240. The Morgan fingerprint density at radius 1 is 1.24 bits per heavy atom. The molecule has 2 rings (SSSR count). The number of pyridine rings is 1. The summed E-state index contributed by atoms with van der Waals surface area (Å²) in [7, 11) is 0. The maximum Gasteiger partial charge on any atom is 0.0722 e. The average molecular weight is 246 g/mol. The number of benzene rings is 1. The van der Waals surface area contributed by atoms with Crippen LogP contribution in [0.3, 0.4) is 0 Å². The SMILES string of the molecule is CSC(C)(C)CNc1ccnc2ccccc12. The molecule has 0 atom stereocenters. The number of anilines is 1. The largest absolute Gasteiger partial charge is 0.383 e. The van der Waals surface area contributed by atoms with Crippen LogP contribution < -0.4 is 5.32 Å². The molecule has 1 N–H and O–H groups in total. The molecule has 0 aliphatic carbocycles. The second kappa shape index (κ2) is 4.96. The third-order valence-electron chi connectivity index (χ3n) is 2.91. The van der Waals surface area contributed by atoms with Crippen LogP contribution in [0.15, 0.2) is 36.5 Å². The standard InChI is InChI=1S/C14H18N2S/c1-14(2,17-3)10-16-13-8-9-15-12-7-5-4-6-11(12)13/h4-9H,10H2,1-3H3,(H,15,16). The highest BCUT2D eigenvalue weighted by molar-refractivity contribution is 7.99. The van der Waals surface area contributed by atoms with Gasteiger partial charge in [-0.25, -0.2) is 0 Å². The summed E-state index contributed by atoms with van der Waals surface area (Å²) < 4.78 is 0.240. The van der Waals surface area contributed by atoms with Crippen molar-refractivity contribution in [2.24, 2.45) is 0 Å². The maximum absolute atomic E-state index is 4.36. The molecule has 0 aliphatic heterocycles. The van der Waals surface area contributed by atoms with Gasteiger partial charge in [0.05, 0.1) is 5.52 Å². The fraction of sp³-hybridized carbons (Fsp3) is 0.357. The number of hydrogen-bond acceptors (Lipinski definition) is 3. The molecule has 0 spiro atoms. The number of nitrogens with one attached hydrogen (secondary N) is 1. The monoisotopic (exact) mass is 246 g/mol. The molecule has 0 bridgehead atoms. The third kappa shape index (κ3) is 2.91. The minimum Gasteiger partial charge on any atom is -0.383 e. The molecule has 2 aromatic rings. The van der Waals surface area contributed by atoms with E-state index in [2.05, 4.69) is 42.5 Å². The van der Waals surface area contributed by atoms with Crippen molar-refractivity contribution in [3.8, 4) is 0 Å². The van der Waals surface area contributed by atoms with E-state index in [1.54, 1.807) is 0 Å². The van der Waals surface area contributed by atoms with Crippen molar-refractivity contribution in [2.75, 3.05) is 18.1 Å². The summed E-state index contributed by atoms with van der Waals surface area (Å²) in [4.78, 5) is 4.36. The van der Waals surface area contributed by atoms with Crippen LogP contribution >= 0.6 is 11.8 Å². The van der Waals surface area contributed by atoms with E-state index in [1.807, 2.05) is 36.2 Å². The Morgan fingerprint density at radius 3 is 2.76 bits per heavy atom. The quantitative estimate of drug-likeness (QED) is 0.888. The van der Waals surface area contributed by atoms with Crippen LogP contribution in [0.1, 0.15) is 13.8 Å². The normalized spacial score (nSPS) is 11.7. The van der Waals surface area contributed by atoms with Gasteiger partial charge in [-0.15, -0.1) is 0 Å². The molecule has 0 aliphatic rings. The van der Waals surface area contributed by atoms with Crippen molar-refractivity contribution in [3.05, 3.63) is 36.5 Å². The van der Waals surface area contributed by atoms with E-state index in [0.29, 0.717) is 0 Å². The van der Waals surface area contributed by atoms with Crippen LogP contribution in [0, 0.1) is 0 Å². The second-order valence-corrected chi connectivity index (χ2v) is 6.21. The van der Waals surface area contributed by atoms with Crippen molar-refractivity contribution in [1.82, 2.24) is 4.98 Å². The first-order valence-electron chi connectivity index (χ1n) is 5.75. The van der Waals surface area contributed by atoms with Crippen molar-refractivity contribution in [1.29, 1.82) is 0 Å². The topological polar surface area (TPSA) is 24.9 Å². The summed E-state index contributed by atoms with van der Waals surface area (Å²) in [6, 6.07) is 10.3. The number of hydrogen-bond donors (Lipinski definition) is 1. The molecule has 1 aromatic heterocycles. The van der Waals surface area contributed by atoms with Gasteiger partial charge in [0, 0.05) is 28.6 Å². The van der Waals surface area contributed by atoms with E-state index in [9.17, 15) is 0 Å². The van der Waals surface area contributed by atoms with Crippen LogP contribution in [0.2, 0.25) is 0 Å². The van der Waals surface area contributed by atoms with E-state index in [0.717, 1.165) is 17.7 Å². The predicted octanol–water partition coefficient (Wildman–Crippen LogP) is 3.79. The number of para-hydroxylation sites is 1. The van der Waals surface area contributed by atoms with Gasteiger partial charge in [-0.1, -0.05) is 18.2 Å². The van der Waals surface area contributed by atoms with Gasteiger partial charge in [0.25, 0.3) is 0 Å². The smallest absolute Gasteiger partial charge is 0.0722 e. The van der Waals surface area contributed by atoms with Crippen LogP contribution in [-0.2, 0) is 0 Å². The average Bonchev–Trinajstić information content (AvgIpc) is 2.36. The molecule has 17 heavy (non-hydrogen) atoms. The van der Waals surface area contributed by atoms with Crippen LogP contribution in [0.4, 0.5) is 5.69 Å². The van der Waals surface area contributed by atoms with E-state index < -0.39 is 0 Å². The highest BCUT2D eigenvalue weighted by atomic mass is 32.2. The van der Waals surface area contributed by atoms with Gasteiger partial charge in [0.1, 0.15) is 0 Å². The van der Waals surface area contributed by atoms with Gasteiger partial charge >= 0.3 is 0 Å². The van der Waals surface area contributed by atoms with Gasteiger partial charge in [0.2, 0.25) is 0 Å². The van der Waals surface area contributed by atoms with E-state index in [1.165, 1.54) is 5.39 Å². The van der Waals surface area contributed by atoms with E-state index in [-0.39, 0.29) is 4.75 Å². The van der Waals surface area contributed by atoms with Gasteiger partial charge in [-0.3, -0.25) is 4.98 Å². The van der Waals surface area contributed by atoms with Crippen LogP contribution in [0.5, 0.6) is 0 Å². The first-order valence-corrected chi connectivity index (χ1v) is 6.98. The van der Waals surface area contributed by atoms with Crippen LogP contribution in [0.25, 0.3) is 10.9 Å². The van der Waals surface area contributed by atoms with Gasteiger partial charge in [-0.2, -0.15) is 11.8 Å². The zero-order valence-electron chi connectivity index (χ0n) is 10.5. The van der Waals surface area contributed by atoms with Crippen molar-refractivity contribution in [3.63, 3.8) is 0 Å². The highest BCUT2D eigenvalue weighted by Crippen LogP contribution is 2.25. The molecule has 1 heterocycles. The molecule has 0 unspecified atom stereocenters. The van der Waals surface area contributed by atoms with Gasteiger partial charge < -0.3 is 5.32 Å². The molecule has 0 fully saturated rings. The Hall–Kier alpha value is -1.22. The second-order valence-electron chi connectivity index (χ2n) is 4.69. The molecule has 1 aromatic carbocycles. The molecule has 0 radical (unpaired) electrons. The Balaban J connectivity index is 2.24. The van der Waals surface area contributed by atoms with Gasteiger partial charge in [0.15, 0.2) is 0 Å². The van der Waals surface area contributed by atoms with Crippen molar-refractivity contribution in [2.45, 2.75) is 18.6 Å². The molecular weight excluding hydrogens is 228 g/mol. The first kappa shape index (κ1) is 12.2. The lowest BCUT2D eigenvalue weighted by Gasteiger charge is -2.23. The molecule has 2 nitrogen and oxygen atoms in total. The highest BCUT2D eigenvalue weighted by Gasteiger charge is 2.15. The summed E-state index contributed by atoms with van der Waals surface area (Å²) in [6.07, 6.45) is 4.00. The summed E-state index contributed by atoms with van der Waals surface area (Å²) in [5, 5.41) is 4.70. The van der Waals surface area contributed by atoms with Gasteiger partial charge in [-0.05, 0) is 32.2 Å². The molecule has 0 amide bonds. The summed E-state index contributed by atoms with van der Waals surface area (Å²) in [5.41, 5.74) is 2.21. The Morgan fingerprint density at radius 2 is 2.00 bits per heavy atom. The predicted molar refractivity (Wildman–Crippen MR) is 77.8 cm³/mol. The summed E-state index contributed by atoms with van der Waals surface area (Å²) >= 11 is 1.87. The lowest BCUT2D eigenvalue weighted by atomic mass is 10.1. The Bertz CT molecular complexity index is 503. The zero-order chi connectivity index (χ0) is 12.3. The van der Waals surface area contributed by atoms with E-state index in [4.69, 9.17) is 0 Å². The number of rotatable bonds is 4. The zero-order valence-corrected chi connectivity index (χ0v) is 11.3. The lowest BCUT2D eigenvalue weighted by molar-refractivity contribution is 0.753.